The minimum absolute atomic E-state index is 0.0491. The number of halogens is 3. The average Bonchev–Trinajstić information content (AvgIpc) is 2.15. The summed E-state index contributed by atoms with van der Waals surface area (Å²) >= 11 is 0. The van der Waals surface area contributed by atoms with Crippen LogP contribution in [0.25, 0.3) is 0 Å². The molecule has 0 bridgehead atoms. The number of rotatable bonds is 3. The smallest absolute Gasteiger partial charge is 0.478 e. The number of aromatic carboxylic acids is 1. The van der Waals surface area contributed by atoms with E-state index in [0.29, 0.717) is 6.29 Å². The highest BCUT2D eigenvalue weighted by atomic mass is 19.4. The summed E-state index contributed by atoms with van der Waals surface area (Å²) < 4.78 is 39.1. The first-order chi connectivity index (χ1) is 7.33. The van der Waals surface area contributed by atoms with Gasteiger partial charge >= 0.3 is 12.3 Å². The van der Waals surface area contributed by atoms with Crippen molar-refractivity contribution in [1.29, 1.82) is 0 Å². The lowest BCUT2D eigenvalue weighted by molar-refractivity contribution is -0.274. The average molecular weight is 234 g/mol. The molecule has 7 heteroatoms. The molecule has 4 nitrogen and oxygen atoms in total. The first-order valence-corrected chi connectivity index (χ1v) is 3.92. The molecule has 0 saturated carbocycles. The number of carboxylic acid groups (broad SMARTS) is 1. The van der Waals surface area contributed by atoms with E-state index in [4.69, 9.17) is 5.11 Å². The Hall–Kier alpha value is -2.05. The molecule has 1 aromatic rings. The van der Waals surface area contributed by atoms with Crippen molar-refractivity contribution in [2.24, 2.45) is 0 Å². The summed E-state index contributed by atoms with van der Waals surface area (Å²) in [4.78, 5) is 20.9. The van der Waals surface area contributed by atoms with Crippen LogP contribution in [0.3, 0.4) is 0 Å². The van der Waals surface area contributed by atoms with E-state index in [1.54, 1.807) is 0 Å². The van der Waals surface area contributed by atoms with Crippen molar-refractivity contribution in [3.8, 4) is 5.75 Å². The van der Waals surface area contributed by atoms with Gasteiger partial charge in [0.05, 0.1) is 0 Å². The minimum Gasteiger partial charge on any atom is -0.478 e. The van der Waals surface area contributed by atoms with Crippen molar-refractivity contribution in [1.82, 2.24) is 0 Å². The third-order valence-corrected chi connectivity index (χ3v) is 1.60. The standard InChI is InChI=1S/C9H5F3O4/c10-9(11,12)16-7-2-1-5(4-13)3-6(7)8(14)15/h1-4H,(H,14,15). The topological polar surface area (TPSA) is 63.6 Å². The molecule has 1 N–H and O–H groups in total. The summed E-state index contributed by atoms with van der Waals surface area (Å²) in [7, 11) is 0. The number of carboxylic acids is 1. The van der Waals surface area contributed by atoms with E-state index < -0.39 is 23.6 Å². The minimum atomic E-state index is -4.98. The monoisotopic (exact) mass is 234 g/mol. The van der Waals surface area contributed by atoms with Crippen LogP contribution in [0.5, 0.6) is 5.75 Å². The molecule has 0 atom stereocenters. The van der Waals surface area contributed by atoms with Crippen LogP contribution >= 0.6 is 0 Å². The Morgan fingerprint density at radius 3 is 2.44 bits per heavy atom. The van der Waals surface area contributed by atoms with E-state index in [0.717, 1.165) is 18.2 Å². The predicted molar refractivity (Wildman–Crippen MR) is 45.5 cm³/mol. The molecule has 0 radical (unpaired) electrons. The van der Waals surface area contributed by atoms with Crippen LogP contribution in [-0.4, -0.2) is 23.7 Å². The molecule has 0 spiro atoms. The lowest BCUT2D eigenvalue weighted by Crippen LogP contribution is -2.19. The van der Waals surface area contributed by atoms with Crippen LogP contribution in [-0.2, 0) is 0 Å². The van der Waals surface area contributed by atoms with E-state index in [2.05, 4.69) is 4.74 Å². The molecule has 16 heavy (non-hydrogen) atoms. The highest BCUT2D eigenvalue weighted by Gasteiger charge is 2.33. The Bertz CT molecular complexity index is 425. The molecular formula is C9H5F3O4. The maximum absolute atomic E-state index is 11.9. The van der Waals surface area contributed by atoms with E-state index in [-0.39, 0.29) is 5.56 Å². The van der Waals surface area contributed by atoms with Crippen LogP contribution < -0.4 is 4.74 Å². The summed E-state index contributed by atoms with van der Waals surface area (Å²) in [6.45, 7) is 0. The Balaban J connectivity index is 3.18. The van der Waals surface area contributed by atoms with Crippen molar-refractivity contribution in [2.45, 2.75) is 6.36 Å². The van der Waals surface area contributed by atoms with Crippen molar-refractivity contribution in [2.75, 3.05) is 0 Å². The zero-order valence-electron chi connectivity index (χ0n) is 7.62. The Morgan fingerprint density at radius 1 is 1.38 bits per heavy atom. The first-order valence-electron chi connectivity index (χ1n) is 3.92. The highest BCUT2D eigenvalue weighted by Crippen LogP contribution is 2.26. The zero-order chi connectivity index (χ0) is 12.3. The van der Waals surface area contributed by atoms with Gasteiger partial charge in [-0.1, -0.05) is 0 Å². The molecule has 1 aromatic carbocycles. The third kappa shape index (κ3) is 2.97. The molecule has 0 aliphatic rings. The van der Waals surface area contributed by atoms with Crippen LogP contribution in [0, 0.1) is 0 Å². The number of benzene rings is 1. The van der Waals surface area contributed by atoms with Gasteiger partial charge in [-0.15, -0.1) is 13.2 Å². The predicted octanol–water partition coefficient (Wildman–Crippen LogP) is 2.10. The number of alkyl halides is 3. The molecule has 0 heterocycles. The van der Waals surface area contributed by atoms with E-state index in [1.807, 2.05) is 0 Å². The van der Waals surface area contributed by atoms with Crippen LogP contribution in [0.15, 0.2) is 18.2 Å². The second-order valence-corrected chi connectivity index (χ2v) is 2.73. The van der Waals surface area contributed by atoms with Crippen LogP contribution in [0.2, 0.25) is 0 Å². The summed E-state index contributed by atoms with van der Waals surface area (Å²) in [6, 6.07) is 2.61. The van der Waals surface area contributed by atoms with Gasteiger partial charge in [0.25, 0.3) is 0 Å². The summed E-state index contributed by atoms with van der Waals surface area (Å²) in [6.07, 6.45) is -4.66. The lowest BCUT2D eigenvalue weighted by Gasteiger charge is -2.11. The van der Waals surface area contributed by atoms with Gasteiger partial charge in [0.15, 0.2) is 0 Å². The number of carbonyl (C=O) groups excluding carboxylic acids is 1. The number of hydrogen-bond acceptors (Lipinski definition) is 3. The molecule has 86 valence electrons. The normalized spacial score (nSPS) is 10.9. The third-order valence-electron chi connectivity index (χ3n) is 1.60. The van der Waals surface area contributed by atoms with Gasteiger partial charge in [0.1, 0.15) is 17.6 Å². The summed E-state index contributed by atoms with van der Waals surface area (Å²) in [5.74, 6) is -2.46. The van der Waals surface area contributed by atoms with Gasteiger partial charge in [0.2, 0.25) is 0 Å². The molecule has 0 amide bonds. The Labute approximate surface area is 87.3 Å². The molecule has 0 saturated heterocycles. The van der Waals surface area contributed by atoms with Crippen LogP contribution in [0.1, 0.15) is 20.7 Å². The second-order valence-electron chi connectivity index (χ2n) is 2.73. The Kier molecular flexibility index (Phi) is 3.17. The molecule has 0 aliphatic carbocycles. The fraction of sp³-hybridized carbons (Fsp3) is 0.111. The summed E-state index contributed by atoms with van der Waals surface area (Å²) in [5.41, 5.74) is -0.770. The Morgan fingerprint density at radius 2 is 2.00 bits per heavy atom. The van der Waals surface area contributed by atoms with Crippen molar-refractivity contribution < 1.29 is 32.6 Å². The number of aldehydes is 1. The first kappa shape index (κ1) is 12.0. The molecule has 1 rings (SSSR count). The maximum Gasteiger partial charge on any atom is 0.573 e. The van der Waals surface area contributed by atoms with Crippen LogP contribution in [0.4, 0.5) is 13.2 Å². The number of hydrogen-bond donors (Lipinski definition) is 1. The molecular weight excluding hydrogens is 229 g/mol. The highest BCUT2D eigenvalue weighted by molar-refractivity contribution is 5.93. The van der Waals surface area contributed by atoms with Gasteiger partial charge < -0.3 is 9.84 Å². The van der Waals surface area contributed by atoms with E-state index >= 15 is 0 Å². The van der Waals surface area contributed by atoms with Gasteiger partial charge in [0, 0.05) is 5.56 Å². The van der Waals surface area contributed by atoms with Gasteiger partial charge in [-0.25, -0.2) is 4.79 Å². The lowest BCUT2D eigenvalue weighted by atomic mass is 10.1. The maximum atomic E-state index is 11.9. The van der Waals surface area contributed by atoms with Gasteiger partial charge in [-0.3, -0.25) is 4.79 Å². The quantitative estimate of drug-likeness (QED) is 0.813. The summed E-state index contributed by atoms with van der Waals surface area (Å²) in [5, 5.41) is 8.62. The molecule has 0 aliphatic heterocycles. The van der Waals surface area contributed by atoms with Gasteiger partial charge in [-0.2, -0.15) is 0 Å². The fourth-order valence-electron chi connectivity index (χ4n) is 1.00. The molecule has 0 aromatic heterocycles. The van der Waals surface area contributed by atoms with E-state index in [1.165, 1.54) is 0 Å². The van der Waals surface area contributed by atoms with Crippen molar-refractivity contribution in [3.63, 3.8) is 0 Å². The largest absolute Gasteiger partial charge is 0.573 e. The molecule has 0 unspecified atom stereocenters. The second kappa shape index (κ2) is 4.21. The zero-order valence-corrected chi connectivity index (χ0v) is 7.62. The molecule has 0 fully saturated rings. The van der Waals surface area contributed by atoms with Gasteiger partial charge in [-0.05, 0) is 18.2 Å². The van der Waals surface area contributed by atoms with E-state index in [9.17, 15) is 22.8 Å². The SMILES string of the molecule is O=Cc1ccc(OC(F)(F)F)c(C(=O)O)c1. The van der Waals surface area contributed by atoms with Crippen molar-refractivity contribution in [3.05, 3.63) is 29.3 Å². The van der Waals surface area contributed by atoms with Crippen molar-refractivity contribution >= 4 is 12.3 Å². The number of carbonyl (C=O) groups is 2. The number of ether oxygens (including phenoxy) is 1. The fourth-order valence-corrected chi connectivity index (χ4v) is 1.00.